The van der Waals surface area contributed by atoms with E-state index in [0.29, 0.717) is 24.0 Å². The fourth-order valence-corrected chi connectivity index (χ4v) is 5.17. The fraction of sp³-hybridized carbons (Fsp3) is 0.583. The summed E-state index contributed by atoms with van der Waals surface area (Å²) in [5.41, 5.74) is 0. The maximum Gasteiger partial charge on any atom is 0.252 e. The van der Waals surface area contributed by atoms with Gasteiger partial charge in [-0.05, 0) is 12.1 Å². The molecule has 1 N–H and O–H groups in total. The summed E-state index contributed by atoms with van der Waals surface area (Å²) < 4.78 is 26.7. The van der Waals surface area contributed by atoms with Gasteiger partial charge in [-0.1, -0.05) is 0 Å². The normalized spacial score (nSPS) is 22.4. The van der Waals surface area contributed by atoms with Crippen LogP contribution in [0.5, 0.6) is 0 Å². The van der Waals surface area contributed by atoms with Crippen LogP contribution in [0.2, 0.25) is 0 Å². The van der Waals surface area contributed by atoms with E-state index in [2.05, 4.69) is 10.2 Å². The largest absolute Gasteiger partial charge is 0.314 e. The molecule has 2 saturated heterocycles. The van der Waals surface area contributed by atoms with Crippen molar-refractivity contribution in [2.24, 2.45) is 0 Å². The van der Waals surface area contributed by atoms with Crippen molar-refractivity contribution in [3.63, 3.8) is 0 Å². The maximum absolute atomic E-state index is 12.5. The minimum absolute atomic E-state index is 0.271. The lowest BCUT2D eigenvalue weighted by molar-refractivity contribution is 0.103. The van der Waals surface area contributed by atoms with Crippen LogP contribution < -0.4 is 5.32 Å². The molecule has 2 fully saturated rings. The van der Waals surface area contributed by atoms with Gasteiger partial charge in [-0.2, -0.15) is 9.57 Å². The van der Waals surface area contributed by atoms with E-state index in [-0.39, 0.29) is 4.21 Å². The smallest absolute Gasteiger partial charge is 0.252 e. The first kappa shape index (κ1) is 14.0. The second-order valence-corrected chi connectivity index (χ2v) is 8.23. The number of thiophene rings is 1. The number of hydrogen-bond acceptors (Lipinski definition) is 6. The van der Waals surface area contributed by atoms with Gasteiger partial charge in [0.05, 0.1) is 0 Å². The summed E-state index contributed by atoms with van der Waals surface area (Å²) in [7, 11) is -3.43. The topological polar surface area (TPSA) is 76.4 Å². The Morgan fingerprint density at radius 3 is 2.45 bits per heavy atom. The molecular formula is C12H16N4O2S2. The first-order valence-corrected chi connectivity index (χ1v) is 8.82. The van der Waals surface area contributed by atoms with Gasteiger partial charge in [-0.3, -0.25) is 4.90 Å². The average Bonchev–Trinajstić information content (AvgIpc) is 2.87. The van der Waals surface area contributed by atoms with E-state index in [4.69, 9.17) is 5.26 Å². The quantitative estimate of drug-likeness (QED) is 0.843. The number of rotatable bonds is 3. The molecule has 2 aliphatic rings. The second kappa shape index (κ2) is 5.42. The fourth-order valence-electron chi connectivity index (χ4n) is 2.49. The highest BCUT2D eigenvalue weighted by atomic mass is 32.2. The van der Waals surface area contributed by atoms with Crippen LogP contribution in [-0.4, -0.2) is 62.9 Å². The van der Waals surface area contributed by atoms with Crippen LogP contribution in [0.1, 0.15) is 4.88 Å². The molecule has 20 heavy (non-hydrogen) atoms. The summed E-state index contributed by atoms with van der Waals surface area (Å²) in [4.78, 5) is 2.78. The predicted molar refractivity (Wildman–Crippen MR) is 76.0 cm³/mol. The van der Waals surface area contributed by atoms with Crippen LogP contribution in [0.25, 0.3) is 0 Å². The summed E-state index contributed by atoms with van der Waals surface area (Å²) >= 11 is 1.04. The Morgan fingerprint density at radius 2 is 1.95 bits per heavy atom. The van der Waals surface area contributed by atoms with E-state index in [1.165, 1.54) is 10.4 Å². The Balaban J connectivity index is 1.68. The zero-order valence-electron chi connectivity index (χ0n) is 10.9. The summed E-state index contributed by atoms with van der Waals surface area (Å²) in [5.74, 6) is 0. The summed E-state index contributed by atoms with van der Waals surface area (Å²) in [6.45, 7) is 4.62. The van der Waals surface area contributed by atoms with E-state index in [9.17, 15) is 8.42 Å². The monoisotopic (exact) mass is 312 g/mol. The van der Waals surface area contributed by atoms with Gasteiger partial charge in [-0.25, -0.2) is 8.42 Å². The number of piperazine rings is 1. The first-order valence-electron chi connectivity index (χ1n) is 6.56. The lowest BCUT2D eigenvalue weighted by Crippen LogP contribution is -2.61. The van der Waals surface area contributed by atoms with Gasteiger partial charge >= 0.3 is 0 Å². The molecule has 0 amide bonds. The van der Waals surface area contributed by atoms with Crippen molar-refractivity contribution >= 4 is 21.4 Å². The van der Waals surface area contributed by atoms with Gasteiger partial charge in [0, 0.05) is 45.3 Å². The van der Waals surface area contributed by atoms with E-state index in [1.54, 1.807) is 6.07 Å². The van der Waals surface area contributed by atoms with Crippen molar-refractivity contribution < 1.29 is 8.42 Å². The summed E-state index contributed by atoms with van der Waals surface area (Å²) in [6.07, 6.45) is 0. The SMILES string of the molecule is N#Cc1ccc(S(=O)(=O)N2CCN(C3CNC3)CC2)s1. The van der Waals surface area contributed by atoms with Gasteiger partial charge in [-0.15, -0.1) is 11.3 Å². The van der Waals surface area contributed by atoms with E-state index in [0.717, 1.165) is 37.5 Å². The third kappa shape index (κ3) is 2.47. The van der Waals surface area contributed by atoms with Crippen LogP contribution in [-0.2, 0) is 10.0 Å². The zero-order valence-corrected chi connectivity index (χ0v) is 12.6. The van der Waals surface area contributed by atoms with Crippen LogP contribution in [0.4, 0.5) is 0 Å². The molecule has 0 aliphatic carbocycles. The molecular weight excluding hydrogens is 296 g/mol. The second-order valence-electron chi connectivity index (χ2n) is 4.98. The zero-order chi connectivity index (χ0) is 14.2. The van der Waals surface area contributed by atoms with Crippen molar-refractivity contribution in [3.8, 4) is 6.07 Å². The molecule has 1 aromatic heterocycles. The minimum atomic E-state index is -3.43. The van der Waals surface area contributed by atoms with Crippen molar-refractivity contribution in [1.82, 2.24) is 14.5 Å². The summed E-state index contributed by atoms with van der Waals surface area (Å²) in [6, 6.07) is 5.63. The van der Waals surface area contributed by atoms with Crippen LogP contribution in [0.3, 0.4) is 0 Å². The maximum atomic E-state index is 12.5. The van der Waals surface area contributed by atoms with Crippen molar-refractivity contribution in [2.75, 3.05) is 39.3 Å². The third-order valence-electron chi connectivity index (χ3n) is 3.84. The molecule has 0 bridgehead atoms. The highest BCUT2D eigenvalue weighted by Crippen LogP contribution is 2.25. The molecule has 108 valence electrons. The Morgan fingerprint density at radius 1 is 1.25 bits per heavy atom. The van der Waals surface area contributed by atoms with Crippen LogP contribution >= 0.6 is 11.3 Å². The molecule has 8 heteroatoms. The Hall–Kier alpha value is -0.980. The van der Waals surface area contributed by atoms with Crippen molar-refractivity contribution in [3.05, 3.63) is 17.0 Å². The van der Waals surface area contributed by atoms with E-state index < -0.39 is 10.0 Å². The molecule has 0 aromatic carbocycles. The Labute approximate surface area is 122 Å². The number of nitriles is 1. The lowest BCUT2D eigenvalue weighted by Gasteiger charge is -2.42. The molecule has 0 saturated carbocycles. The molecule has 3 heterocycles. The standard InChI is InChI=1S/C12H16N4O2S2/c13-7-11-1-2-12(19-11)20(17,18)16-5-3-15(4-6-16)10-8-14-9-10/h1-2,10,14H,3-6,8-9H2. The predicted octanol–water partition coefficient (Wildman–Crippen LogP) is -0.102. The highest BCUT2D eigenvalue weighted by molar-refractivity contribution is 7.91. The number of nitrogens with zero attached hydrogens (tertiary/aromatic N) is 3. The molecule has 1 aromatic rings. The van der Waals surface area contributed by atoms with Gasteiger partial charge in [0.25, 0.3) is 10.0 Å². The minimum Gasteiger partial charge on any atom is -0.314 e. The molecule has 0 unspecified atom stereocenters. The van der Waals surface area contributed by atoms with E-state index >= 15 is 0 Å². The number of sulfonamides is 1. The average molecular weight is 312 g/mol. The molecule has 2 aliphatic heterocycles. The molecule has 0 radical (unpaired) electrons. The van der Waals surface area contributed by atoms with Crippen LogP contribution in [0.15, 0.2) is 16.3 Å². The van der Waals surface area contributed by atoms with Gasteiger partial charge in [0.2, 0.25) is 0 Å². The van der Waals surface area contributed by atoms with Crippen LogP contribution in [0, 0.1) is 11.3 Å². The van der Waals surface area contributed by atoms with Gasteiger partial charge < -0.3 is 5.32 Å². The van der Waals surface area contributed by atoms with Crippen molar-refractivity contribution in [1.29, 1.82) is 5.26 Å². The molecule has 0 spiro atoms. The van der Waals surface area contributed by atoms with Gasteiger partial charge in [0.15, 0.2) is 0 Å². The molecule has 0 atom stereocenters. The highest BCUT2D eigenvalue weighted by Gasteiger charge is 2.33. The molecule has 3 rings (SSSR count). The van der Waals surface area contributed by atoms with Gasteiger partial charge in [0.1, 0.15) is 15.2 Å². The first-order chi connectivity index (χ1) is 9.61. The number of hydrogen-bond donors (Lipinski definition) is 1. The van der Waals surface area contributed by atoms with E-state index in [1.807, 2.05) is 6.07 Å². The third-order valence-corrected chi connectivity index (χ3v) is 7.19. The van der Waals surface area contributed by atoms with Crippen molar-refractivity contribution in [2.45, 2.75) is 10.3 Å². The Kier molecular flexibility index (Phi) is 3.79. The molecule has 6 nitrogen and oxygen atoms in total. The Bertz CT molecular complexity index is 622. The lowest BCUT2D eigenvalue weighted by atomic mass is 10.1. The number of nitrogens with one attached hydrogen (secondary N) is 1. The summed E-state index contributed by atoms with van der Waals surface area (Å²) in [5, 5.41) is 12.0.